The standard InChI is InChI=1S/C13H16O2/c14-13(15)12-7-3-6-11(9-12)8-10-4-1-2-5-10/h3,6-7,9-10H,1-2,4-5,8H2,(H,14,15). The van der Waals surface area contributed by atoms with E-state index in [1.807, 2.05) is 12.1 Å². The second-order valence-electron chi connectivity index (χ2n) is 4.36. The zero-order chi connectivity index (χ0) is 10.7. The van der Waals surface area contributed by atoms with Crippen molar-refractivity contribution < 1.29 is 9.90 Å². The van der Waals surface area contributed by atoms with E-state index in [1.165, 1.54) is 31.2 Å². The van der Waals surface area contributed by atoms with Gasteiger partial charge < -0.3 is 5.11 Å². The highest BCUT2D eigenvalue weighted by molar-refractivity contribution is 5.87. The first-order chi connectivity index (χ1) is 7.25. The Hall–Kier alpha value is -1.31. The minimum absolute atomic E-state index is 0.408. The molecule has 1 aliphatic rings. The van der Waals surface area contributed by atoms with Crippen LogP contribution in [0.2, 0.25) is 0 Å². The zero-order valence-corrected chi connectivity index (χ0v) is 8.78. The Bertz CT molecular complexity index is 351. The quantitative estimate of drug-likeness (QED) is 0.821. The van der Waals surface area contributed by atoms with Crippen LogP contribution >= 0.6 is 0 Å². The monoisotopic (exact) mass is 204 g/mol. The van der Waals surface area contributed by atoms with Crippen molar-refractivity contribution in [3.63, 3.8) is 0 Å². The summed E-state index contributed by atoms with van der Waals surface area (Å²) in [6.45, 7) is 0. The molecule has 0 aromatic heterocycles. The first-order valence-electron chi connectivity index (χ1n) is 5.58. The van der Waals surface area contributed by atoms with Gasteiger partial charge in [-0.3, -0.25) is 0 Å². The topological polar surface area (TPSA) is 37.3 Å². The summed E-state index contributed by atoms with van der Waals surface area (Å²) in [7, 11) is 0. The first-order valence-corrected chi connectivity index (χ1v) is 5.58. The molecule has 1 aliphatic carbocycles. The van der Waals surface area contributed by atoms with E-state index >= 15 is 0 Å². The SMILES string of the molecule is O=C(O)c1cccc(CC2CCCC2)c1. The van der Waals surface area contributed by atoms with Crippen LogP contribution in [0.25, 0.3) is 0 Å². The van der Waals surface area contributed by atoms with E-state index in [2.05, 4.69) is 0 Å². The molecule has 0 radical (unpaired) electrons. The minimum Gasteiger partial charge on any atom is -0.478 e. The molecule has 15 heavy (non-hydrogen) atoms. The predicted octanol–water partition coefficient (Wildman–Crippen LogP) is 3.12. The summed E-state index contributed by atoms with van der Waals surface area (Å²) >= 11 is 0. The average Bonchev–Trinajstić information content (AvgIpc) is 2.71. The second kappa shape index (κ2) is 4.47. The van der Waals surface area contributed by atoms with Crippen molar-refractivity contribution in [2.24, 2.45) is 5.92 Å². The zero-order valence-electron chi connectivity index (χ0n) is 8.78. The molecule has 0 amide bonds. The molecular formula is C13H16O2. The van der Waals surface area contributed by atoms with Crippen molar-refractivity contribution >= 4 is 5.97 Å². The lowest BCUT2D eigenvalue weighted by molar-refractivity contribution is 0.0696. The van der Waals surface area contributed by atoms with Crippen molar-refractivity contribution in [2.75, 3.05) is 0 Å². The van der Waals surface area contributed by atoms with Crippen molar-refractivity contribution in [3.8, 4) is 0 Å². The number of carbonyl (C=O) groups is 1. The molecule has 1 aromatic rings. The Morgan fingerprint density at radius 3 is 2.73 bits per heavy atom. The lowest BCUT2D eigenvalue weighted by Gasteiger charge is -2.08. The Balaban J connectivity index is 2.07. The van der Waals surface area contributed by atoms with Crippen LogP contribution in [-0.2, 0) is 6.42 Å². The van der Waals surface area contributed by atoms with E-state index in [1.54, 1.807) is 12.1 Å². The molecule has 1 fully saturated rings. The molecule has 0 unspecified atom stereocenters. The summed E-state index contributed by atoms with van der Waals surface area (Å²) in [4.78, 5) is 10.8. The molecule has 80 valence electrons. The highest BCUT2D eigenvalue weighted by atomic mass is 16.4. The second-order valence-corrected chi connectivity index (χ2v) is 4.36. The van der Waals surface area contributed by atoms with Crippen LogP contribution in [0.3, 0.4) is 0 Å². The van der Waals surface area contributed by atoms with Crippen LogP contribution in [0.1, 0.15) is 41.6 Å². The molecule has 1 saturated carbocycles. The van der Waals surface area contributed by atoms with Gasteiger partial charge in [0.05, 0.1) is 5.56 Å². The molecule has 1 N–H and O–H groups in total. The smallest absolute Gasteiger partial charge is 0.335 e. The number of carboxylic acids is 1. The summed E-state index contributed by atoms with van der Waals surface area (Å²) in [5, 5.41) is 8.87. The number of rotatable bonds is 3. The third-order valence-electron chi connectivity index (χ3n) is 3.17. The normalized spacial score (nSPS) is 16.8. The molecular weight excluding hydrogens is 188 g/mol. The van der Waals surface area contributed by atoms with Gasteiger partial charge in [0, 0.05) is 0 Å². The molecule has 2 nitrogen and oxygen atoms in total. The van der Waals surface area contributed by atoms with Gasteiger partial charge in [-0.05, 0) is 30.0 Å². The van der Waals surface area contributed by atoms with Gasteiger partial charge in [0.15, 0.2) is 0 Å². The summed E-state index contributed by atoms with van der Waals surface area (Å²) in [5.41, 5.74) is 1.58. The Kier molecular flexibility index (Phi) is 3.05. The Labute approximate surface area is 89.9 Å². The van der Waals surface area contributed by atoms with Crippen LogP contribution < -0.4 is 0 Å². The molecule has 2 heteroatoms. The van der Waals surface area contributed by atoms with Crippen molar-refractivity contribution in [1.29, 1.82) is 0 Å². The van der Waals surface area contributed by atoms with E-state index in [0.717, 1.165) is 12.3 Å². The van der Waals surface area contributed by atoms with Crippen LogP contribution in [0, 0.1) is 5.92 Å². The molecule has 0 bridgehead atoms. The van der Waals surface area contributed by atoms with E-state index in [9.17, 15) is 4.79 Å². The van der Waals surface area contributed by atoms with Crippen molar-refractivity contribution in [3.05, 3.63) is 35.4 Å². The van der Waals surface area contributed by atoms with Crippen LogP contribution in [0.15, 0.2) is 24.3 Å². The third kappa shape index (κ3) is 2.58. The maximum atomic E-state index is 10.8. The molecule has 0 saturated heterocycles. The van der Waals surface area contributed by atoms with E-state index in [0.29, 0.717) is 5.56 Å². The van der Waals surface area contributed by atoms with Crippen LogP contribution in [-0.4, -0.2) is 11.1 Å². The Morgan fingerprint density at radius 1 is 1.33 bits per heavy atom. The highest BCUT2D eigenvalue weighted by Crippen LogP contribution is 2.28. The molecule has 0 heterocycles. The van der Waals surface area contributed by atoms with E-state index in [-0.39, 0.29) is 0 Å². The molecule has 2 rings (SSSR count). The van der Waals surface area contributed by atoms with Crippen molar-refractivity contribution in [1.82, 2.24) is 0 Å². The number of hydrogen-bond donors (Lipinski definition) is 1. The fourth-order valence-electron chi connectivity index (χ4n) is 2.38. The first kappa shape index (κ1) is 10.2. The lowest BCUT2D eigenvalue weighted by atomic mass is 9.97. The van der Waals surface area contributed by atoms with Crippen molar-refractivity contribution in [2.45, 2.75) is 32.1 Å². The van der Waals surface area contributed by atoms with Gasteiger partial charge in [-0.25, -0.2) is 4.79 Å². The average molecular weight is 204 g/mol. The predicted molar refractivity (Wildman–Crippen MR) is 59.1 cm³/mol. The molecule has 0 spiro atoms. The summed E-state index contributed by atoms with van der Waals surface area (Å²) in [6, 6.07) is 7.33. The number of benzene rings is 1. The van der Waals surface area contributed by atoms with Gasteiger partial charge in [-0.2, -0.15) is 0 Å². The third-order valence-corrected chi connectivity index (χ3v) is 3.17. The highest BCUT2D eigenvalue weighted by Gasteiger charge is 2.15. The molecule has 0 aliphatic heterocycles. The van der Waals surface area contributed by atoms with Gasteiger partial charge in [0.2, 0.25) is 0 Å². The van der Waals surface area contributed by atoms with Crippen LogP contribution in [0.5, 0.6) is 0 Å². The van der Waals surface area contributed by atoms with Gasteiger partial charge in [0.1, 0.15) is 0 Å². The fourth-order valence-corrected chi connectivity index (χ4v) is 2.38. The number of aromatic carboxylic acids is 1. The molecule has 1 aromatic carbocycles. The van der Waals surface area contributed by atoms with E-state index in [4.69, 9.17) is 5.11 Å². The maximum absolute atomic E-state index is 10.8. The summed E-state index contributed by atoms with van der Waals surface area (Å²) in [5.74, 6) is -0.0580. The van der Waals surface area contributed by atoms with Crippen LogP contribution in [0.4, 0.5) is 0 Å². The van der Waals surface area contributed by atoms with Gasteiger partial charge >= 0.3 is 5.97 Å². The summed E-state index contributed by atoms with van der Waals surface area (Å²) < 4.78 is 0. The number of carboxylic acid groups (broad SMARTS) is 1. The van der Waals surface area contributed by atoms with Gasteiger partial charge in [-0.1, -0.05) is 37.8 Å². The van der Waals surface area contributed by atoms with E-state index < -0.39 is 5.97 Å². The van der Waals surface area contributed by atoms with Gasteiger partial charge in [0.25, 0.3) is 0 Å². The maximum Gasteiger partial charge on any atom is 0.335 e. The lowest BCUT2D eigenvalue weighted by Crippen LogP contribution is -2.01. The largest absolute Gasteiger partial charge is 0.478 e. The van der Waals surface area contributed by atoms with Gasteiger partial charge in [-0.15, -0.1) is 0 Å². The minimum atomic E-state index is -0.830. The Morgan fingerprint density at radius 2 is 2.07 bits per heavy atom. The fraction of sp³-hybridized carbons (Fsp3) is 0.462. The summed E-state index contributed by atoms with van der Waals surface area (Å²) in [6.07, 6.45) is 6.32. The number of hydrogen-bond acceptors (Lipinski definition) is 1. The molecule has 0 atom stereocenters.